The summed E-state index contributed by atoms with van der Waals surface area (Å²) < 4.78 is 0. The smallest absolute Gasteiger partial charge is 0.219 e. The second kappa shape index (κ2) is 6.55. The first-order valence-electron chi connectivity index (χ1n) is 3.78. The molecule has 0 heterocycles. The third kappa shape index (κ3) is 5.56. The van der Waals surface area contributed by atoms with E-state index < -0.39 is 0 Å². The van der Waals surface area contributed by atoms with Gasteiger partial charge in [0.15, 0.2) is 0 Å². The zero-order valence-electron chi connectivity index (χ0n) is 6.52. The van der Waals surface area contributed by atoms with E-state index in [9.17, 15) is 4.79 Å². The van der Waals surface area contributed by atoms with Gasteiger partial charge >= 0.3 is 0 Å². The van der Waals surface area contributed by atoms with Gasteiger partial charge < -0.3 is 11.1 Å². The number of rotatable bonds is 5. The lowest BCUT2D eigenvalue weighted by molar-refractivity contribution is -0.121. The fourth-order valence-electron chi connectivity index (χ4n) is 0.715. The van der Waals surface area contributed by atoms with Crippen molar-refractivity contribution in [3.8, 4) is 0 Å². The van der Waals surface area contributed by atoms with Gasteiger partial charge in [0.1, 0.15) is 0 Å². The summed E-state index contributed by atoms with van der Waals surface area (Å²) in [6.07, 6.45) is 2.46. The Labute approximate surface area is 62.0 Å². The Morgan fingerprint density at radius 1 is 1.50 bits per heavy atom. The lowest BCUT2D eigenvalue weighted by Gasteiger charge is -1.99. The number of nitrogens with one attached hydrogen (secondary N) is 1. The highest BCUT2D eigenvalue weighted by molar-refractivity contribution is 5.75. The second-order valence-corrected chi connectivity index (χ2v) is 2.20. The normalized spacial score (nSPS) is 9.40. The summed E-state index contributed by atoms with van der Waals surface area (Å²) in [4.78, 5) is 10.8. The number of carbonyl (C=O) groups excluding carboxylic acids is 1. The fraction of sp³-hybridized carbons (Fsp3) is 0.857. The van der Waals surface area contributed by atoms with Gasteiger partial charge in [0, 0.05) is 13.0 Å². The minimum Gasteiger partial charge on any atom is -0.356 e. The Morgan fingerprint density at radius 3 is 2.70 bits per heavy atom. The molecule has 0 rings (SSSR count). The molecule has 3 nitrogen and oxygen atoms in total. The van der Waals surface area contributed by atoms with E-state index in [1.165, 1.54) is 0 Å². The van der Waals surface area contributed by atoms with Crippen LogP contribution in [0.4, 0.5) is 0 Å². The minimum absolute atomic E-state index is 0.135. The van der Waals surface area contributed by atoms with Crippen molar-refractivity contribution in [2.45, 2.75) is 26.2 Å². The van der Waals surface area contributed by atoms with Crippen LogP contribution in [0.1, 0.15) is 26.2 Å². The maximum Gasteiger partial charge on any atom is 0.219 e. The van der Waals surface area contributed by atoms with Crippen molar-refractivity contribution < 1.29 is 4.79 Å². The summed E-state index contributed by atoms with van der Waals surface area (Å²) in [5, 5.41) is 2.72. The zero-order chi connectivity index (χ0) is 7.82. The van der Waals surface area contributed by atoms with Gasteiger partial charge in [-0.3, -0.25) is 4.79 Å². The van der Waals surface area contributed by atoms with Crippen LogP contribution in [0.25, 0.3) is 0 Å². The fourth-order valence-corrected chi connectivity index (χ4v) is 0.715. The average Bonchev–Trinajstić information content (AvgIpc) is 1.89. The van der Waals surface area contributed by atoms with E-state index >= 15 is 0 Å². The second-order valence-electron chi connectivity index (χ2n) is 2.20. The first-order valence-corrected chi connectivity index (χ1v) is 3.78. The summed E-state index contributed by atoms with van der Waals surface area (Å²) in [5.41, 5.74) is 5.26. The van der Waals surface area contributed by atoms with Crippen LogP contribution in [0.3, 0.4) is 0 Å². The highest BCUT2D eigenvalue weighted by atomic mass is 16.1. The molecule has 10 heavy (non-hydrogen) atoms. The third-order valence-corrected chi connectivity index (χ3v) is 1.23. The molecule has 0 unspecified atom stereocenters. The lowest BCUT2D eigenvalue weighted by atomic mass is 10.2. The van der Waals surface area contributed by atoms with Gasteiger partial charge in [-0.15, -0.1) is 0 Å². The largest absolute Gasteiger partial charge is 0.356 e. The Balaban J connectivity index is 3.05. The highest BCUT2D eigenvalue weighted by Gasteiger charge is 1.96. The number of carbonyl (C=O) groups is 1. The molecule has 3 N–H and O–H groups in total. The number of nitrogens with two attached hydrogens (primary N) is 1. The van der Waals surface area contributed by atoms with Gasteiger partial charge in [0.25, 0.3) is 0 Å². The molecular formula is C7H16N2O. The lowest BCUT2D eigenvalue weighted by Crippen LogP contribution is -2.22. The van der Waals surface area contributed by atoms with Crippen molar-refractivity contribution in [1.82, 2.24) is 5.32 Å². The predicted octanol–water partition coefficient (Wildman–Crippen LogP) is 0.251. The SMILES string of the molecule is CCNC(=O)CCCCN. The van der Waals surface area contributed by atoms with Crippen molar-refractivity contribution in [3.63, 3.8) is 0 Å². The average molecular weight is 144 g/mol. The van der Waals surface area contributed by atoms with E-state index in [0.29, 0.717) is 13.0 Å². The number of amides is 1. The van der Waals surface area contributed by atoms with Crippen LogP contribution in [0.5, 0.6) is 0 Å². The maximum atomic E-state index is 10.8. The van der Waals surface area contributed by atoms with Gasteiger partial charge in [-0.1, -0.05) is 0 Å². The van der Waals surface area contributed by atoms with Crippen LogP contribution in [-0.4, -0.2) is 19.0 Å². The topological polar surface area (TPSA) is 55.1 Å². The van der Waals surface area contributed by atoms with Crippen molar-refractivity contribution >= 4 is 5.91 Å². The van der Waals surface area contributed by atoms with Crippen molar-refractivity contribution in [2.75, 3.05) is 13.1 Å². The Bertz CT molecular complexity index is 93.6. The summed E-state index contributed by atoms with van der Waals surface area (Å²) >= 11 is 0. The summed E-state index contributed by atoms with van der Waals surface area (Å²) in [6, 6.07) is 0. The molecule has 1 amide bonds. The number of unbranched alkanes of at least 4 members (excludes halogenated alkanes) is 1. The van der Waals surface area contributed by atoms with Gasteiger partial charge in [-0.05, 0) is 26.3 Å². The third-order valence-electron chi connectivity index (χ3n) is 1.23. The Kier molecular flexibility index (Phi) is 6.18. The quantitative estimate of drug-likeness (QED) is 0.543. The molecule has 0 aromatic rings. The molecule has 0 aliphatic rings. The van der Waals surface area contributed by atoms with E-state index in [0.717, 1.165) is 19.4 Å². The van der Waals surface area contributed by atoms with Gasteiger partial charge in [0.2, 0.25) is 5.91 Å². The molecule has 0 atom stereocenters. The van der Waals surface area contributed by atoms with E-state index in [4.69, 9.17) is 5.73 Å². The van der Waals surface area contributed by atoms with Gasteiger partial charge in [0.05, 0.1) is 0 Å². The molecular weight excluding hydrogens is 128 g/mol. The molecule has 0 aromatic heterocycles. The summed E-state index contributed by atoms with van der Waals surface area (Å²) in [5.74, 6) is 0.135. The van der Waals surface area contributed by atoms with Gasteiger partial charge in [-0.25, -0.2) is 0 Å². The summed E-state index contributed by atoms with van der Waals surface area (Å²) in [7, 11) is 0. The molecule has 60 valence electrons. The molecule has 0 saturated heterocycles. The monoisotopic (exact) mass is 144 g/mol. The van der Waals surface area contributed by atoms with E-state index in [2.05, 4.69) is 5.32 Å². The molecule has 0 aliphatic carbocycles. The highest BCUT2D eigenvalue weighted by Crippen LogP contribution is 1.91. The summed E-state index contributed by atoms with van der Waals surface area (Å²) in [6.45, 7) is 3.32. The Hall–Kier alpha value is -0.570. The first kappa shape index (κ1) is 9.43. The molecule has 0 bridgehead atoms. The Morgan fingerprint density at radius 2 is 2.20 bits per heavy atom. The van der Waals surface area contributed by atoms with Crippen molar-refractivity contribution in [1.29, 1.82) is 0 Å². The van der Waals surface area contributed by atoms with Crippen LogP contribution in [0.2, 0.25) is 0 Å². The molecule has 3 heteroatoms. The van der Waals surface area contributed by atoms with Crippen LogP contribution >= 0.6 is 0 Å². The van der Waals surface area contributed by atoms with E-state index in [-0.39, 0.29) is 5.91 Å². The van der Waals surface area contributed by atoms with Crippen LogP contribution < -0.4 is 11.1 Å². The molecule has 0 fully saturated rings. The molecule has 0 spiro atoms. The molecule has 0 aliphatic heterocycles. The van der Waals surface area contributed by atoms with Crippen LogP contribution in [-0.2, 0) is 4.79 Å². The van der Waals surface area contributed by atoms with Crippen LogP contribution in [0.15, 0.2) is 0 Å². The number of hydrogen-bond donors (Lipinski definition) is 2. The van der Waals surface area contributed by atoms with Crippen LogP contribution in [0, 0.1) is 0 Å². The minimum atomic E-state index is 0.135. The van der Waals surface area contributed by atoms with E-state index in [1.54, 1.807) is 0 Å². The van der Waals surface area contributed by atoms with Crippen molar-refractivity contribution in [2.24, 2.45) is 5.73 Å². The van der Waals surface area contributed by atoms with E-state index in [1.807, 2.05) is 6.92 Å². The standard InChI is InChI=1S/C7H16N2O/c1-2-9-7(10)5-3-4-6-8/h2-6,8H2,1H3,(H,9,10). The van der Waals surface area contributed by atoms with Crippen molar-refractivity contribution in [3.05, 3.63) is 0 Å². The zero-order valence-corrected chi connectivity index (χ0v) is 6.52. The molecule has 0 saturated carbocycles. The molecule has 0 radical (unpaired) electrons. The molecule has 0 aromatic carbocycles. The first-order chi connectivity index (χ1) is 4.81. The predicted molar refractivity (Wildman–Crippen MR) is 41.6 cm³/mol. The maximum absolute atomic E-state index is 10.8. The number of hydrogen-bond acceptors (Lipinski definition) is 2. The van der Waals surface area contributed by atoms with Gasteiger partial charge in [-0.2, -0.15) is 0 Å².